The quantitative estimate of drug-likeness (QED) is 0.703. The van der Waals surface area contributed by atoms with Crippen LogP contribution in [0.15, 0.2) is 53.4 Å². The molecule has 2 aromatic carbocycles. The maximum atomic E-state index is 12.5. The molecule has 2 N–H and O–H groups in total. The van der Waals surface area contributed by atoms with E-state index in [2.05, 4.69) is 10.0 Å². The van der Waals surface area contributed by atoms with Crippen LogP contribution in [0.25, 0.3) is 0 Å². The van der Waals surface area contributed by atoms with Gasteiger partial charge in [0.15, 0.2) is 6.61 Å². The van der Waals surface area contributed by atoms with E-state index in [1.807, 2.05) is 20.8 Å². The molecular formula is C20H26N2O5S. The van der Waals surface area contributed by atoms with E-state index in [1.54, 1.807) is 24.3 Å². The zero-order valence-electron chi connectivity index (χ0n) is 16.5. The van der Waals surface area contributed by atoms with Gasteiger partial charge in [-0.15, -0.1) is 0 Å². The second kappa shape index (κ2) is 8.97. The molecule has 0 spiro atoms. The predicted octanol–water partition coefficient (Wildman–Crippen LogP) is 3.04. The van der Waals surface area contributed by atoms with Crippen LogP contribution < -0.4 is 19.5 Å². The number of anilines is 1. The molecule has 0 heterocycles. The van der Waals surface area contributed by atoms with Gasteiger partial charge < -0.3 is 14.8 Å². The van der Waals surface area contributed by atoms with Crippen LogP contribution in [-0.4, -0.2) is 34.6 Å². The SMILES string of the molecule is COc1cccc(NS(=O)(=O)c2ccc(OCC(=O)NCC(C)(C)C)cc2)c1. The molecule has 0 saturated carbocycles. The van der Waals surface area contributed by atoms with Crippen molar-refractivity contribution in [1.29, 1.82) is 0 Å². The Bertz CT molecular complexity index is 903. The molecule has 0 bridgehead atoms. The van der Waals surface area contributed by atoms with Gasteiger partial charge in [0, 0.05) is 12.6 Å². The van der Waals surface area contributed by atoms with Crippen molar-refractivity contribution in [1.82, 2.24) is 5.32 Å². The number of rotatable bonds is 8. The number of carbonyl (C=O) groups excluding carboxylic acids is 1. The summed E-state index contributed by atoms with van der Waals surface area (Å²) in [7, 11) is -2.24. The Morgan fingerprint density at radius 2 is 1.71 bits per heavy atom. The van der Waals surface area contributed by atoms with Crippen LogP contribution in [0.2, 0.25) is 0 Å². The summed E-state index contributed by atoms with van der Waals surface area (Å²) in [5, 5.41) is 2.79. The lowest BCUT2D eigenvalue weighted by atomic mass is 9.97. The zero-order chi connectivity index (χ0) is 20.8. The highest BCUT2D eigenvalue weighted by molar-refractivity contribution is 7.92. The molecule has 0 fully saturated rings. The monoisotopic (exact) mass is 406 g/mol. The molecule has 0 unspecified atom stereocenters. The summed E-state index contributed by atoms with van der Waals surface area (Å²) < 4.78 is 38.0. The lowest BCUT2D eigenvalue weighted by Gasteiger charge is -2.18. The fourth-order valence-corrected chi connectivity index (χ4v) is 3.23. The van der Waals surface area contributed by atoms with Gasteiger partial charge in [-0.3, -0.25) is 9.52 Å². The first-order valence-corrected chi connectivity index (χ1v) is 10.2. The van der Waals surface area contributed by atoms with Crippen LogP contribution in [0.3, 0.4) is 0 Å². The van der Waals surface area contributed by atoms with Crippen molar-refractivity contribution >= 4 is 21.6 Å². The highest BCUT2D eigenvalue weighted by Crippen LogP contribution is 2.22. The van der Waals surface area contributed by atoms with Crippen LogP contribution in [0.1, 0.15) is 20.8 Å². The molecule has 0 aromatic heterocycles. The van der Waals surface area contributed by atoms with Crippen LogP contribution in [-0.2, 0) is 14.8 Å². The van der Waals surface area contributed by atoms with Crippen LogP contribution >= 0.6 is 0 Å². The fourth-order valence-electron chi connectivity index (χ4n) is 2.18. The minimum atomic E-state index is -3.75. The number of sulfonamides is 1. The maximum Gasteiger partial charge on any atom is 0.261 e. The van der Waals surface area contributed by atoms with Crippen LogP contribution in [0, 0.1) is 5.41 Å². The summed E-state index contributed by atoms with van der Waals surface area (Å²) in [6.45, 7) is 6.47. The first kappa shape index (κ1) is 21.6. The second-order valence-electron chi connectivity index (χ2n) is 7.43. The normalized spacial score (nSPS) is 11.6. The molecule has 0 radical (unpaired) electrons. The molecule has 2 aromatic rings. The van der Waals surface area contributed by atoms with Crippen molar-refractivity contribution in [3.05, 3.63) is 48.5 Å². The predicted molar refractivity (Wildman–Crippen MR) is 108 cm³/mol. The van der Waals surface area contributed by atoms with Gasteiger partial charge in [-0.25, -0.2) is 8.42 Å². The zero-order valence-corrected chi connectivity index (χ0v) is 17.3. The van der Waals surface area contributed by atoms with Crippen LogP contribution in [0.4, 0.5) is 5.69 Å². The number of ether oxygens (including phenoxy) is 2. The van der Waals surface area contributed by atoms with E-state index >= 15 is 0 Å². The largest absolute Gasteiger partial charge is 0.497 e. The summed E-state index contributed by atoms with van der Waals surface area (Å²) in [4.78, 5) is 11.9. The van der Waals surface area contributed by atoms with Crippen molar-refractivity contribution in [2.24, 2.45) is 5.41 Å². The van der Waals surface area contributed by atoms with E-state index in [-0.39, 0.29) is 22.8 Å². The Balaban J connectivity index is 1.96. The Morgan fingerprint density at radius 3 is 2.32 bits per heavy atom. The van der Waals surface area contributed by atoms with Crippen molar-refractivity contribution < 1.29 is 22.7 Å². The first-order chi connectivity index (χ1) is 13.1. The molecule has 8 heteroatoms. The van der Waals surface area contributed by atoms with E-state index in [1.165, 1.54) is 31.4 Å². The van der Waals surface area contributed by atoms with Gasteiger partial charge in [-0.05, 0) is 41.8 Å². The summed E-state index contributed by atoms with van der Waals surface area (Å²) in [6, 6.07) is 12.5. The summed E-state index contributed by atoms with van der Waals surface area (Å²) in [5.74, 6) is 0.728. The lowest BCUT2D eigenvalue weighted by Crippen LogP contribution is -2.35. The number of hydrogen-bond acceptors (Lipinski definition) is 5. The standard InChI is InChI=1S/C20H26N2O5S/c1-20(2,3)14-21-19(23)13-27-16-8-10-18(11-9-16)28(24,25)22-15-6-5-7-17(12-15)26-4/h5-12,22H,13-14H2,1-4H3,(H,21,23). The number of methoxy groups -OCH3 is 1. The van der Waals surface area contributed by atoms with E-state index in [4.69, 9.17) is 9.47 Å². The number of carbonyl (C=O) groups is 1. The Hall–Kier alpha value is -2.74. The van der Waals surface area contributed by atoms with Gasteiger partial charge in [0.2, 0.25) is 0 Å². The molecule has 0 aliphatic carbocycles. The van der Waals surface area contributed by atoms with Crippen LogP contribution in [0.5, 0.6) is 11.5 Å². The molecule has 7 nitrogen and oxygen atoms in total. The average Bonchev–Trinajstić information content (AvgIpc) is 2.64. The first-order valence-electron chi connectivity index (χ1n) is 8.75. The number of hydrogen-bond donors (Lipinski definition) is 2. The molecule has 152 valence electrons. The number of amides is 1. The van der Waals surface area contributed by atoms with Crippen molar-refractivity contribution in [2.75, 3.05) is 25.0 Å². The summed E-state index contributed by atoms with van der Waals surface area (Å²) in [5.41, 5.74) is 0.386. The molecular weight excluding hydrogens is 380 g/mol. The number of benzene rings is 2. The molecule has 28 heavy (non-hydrogen) atoms. The highest BCUT2D eigenvalue weighted by Gasteiger charge is 2.15. The minimum absolute atomic E-state index is 0.0125. The third-order valence-corrected chi connectivity index (χ3v) is 5.04. The maximum absolute atomic E-state index is 12.5. The molecule has 1 amide bonds. The van der Waals surface area contributed by atoms with Gasteiger partial charge in [0.25, 0.3) is 15.9 Å². The molecule has 0 aliphatic rings. The van der Waals surface area contributed by atoms with E-state index < -0.39 is 10.0 Å². The second-order valence-corrected chi connectivity index (χ2v) is 9.12. The lowest BCUT2D eigenvalue weighted by molar-refractivity contribution is -0.123. The van der Waals surface area contributed by atoms with Crippen molar-refractivity contribution in [3.8, 4) is 11.5 Å². The number of nitrogens with one attached hydrogen (secondary N) is 2. The average molecular weight is 407 g/mol. The van der Waals surface area contributed by atoms with Gasteiger partial charge in [-0.1, -0.05) is 26.8 Å². The van der Waals surface area contributed by atoms with Gasteiger partial charge in [0.05, 0.1) is 17.7 Å². The Labute approximate surface area is 166 Å². The van der Waals surface area contributed by atoms with Gasteiger partial charge in [-0.2, -0.15) is 0 Å². The molecule has 0 saturated heterocycles. The molecule has 2 rings (SSSR count). The van der Waals surface area contributed by atoms with Crippen molar-refractivity contribution in [2.45, 2.75) is 25.7 Å². The van der Waals surface area contributed by atoms with E-state index in [9.17, 15) is 13.2 Å². The van der Waals surface area contributed by atoms with E-state index in [0.717, 1.165) is 0 Å². The van der Waals surface area contributed by atoms with Gasteiger partial charge in [0.1, 0.15) is 11.5 Å². The Kier molecular flexibility index (Phi) is 6.90. The van der Waals surface area contributed by atoms with Crippen molar-refractivity contribution in [3.63, 3.8) is 0 Å². The summed E-state index contributed by atoms with van der Waals surface area (Å²) in [6.07, 6.45) is 0. The smallest absolute Gasteiger partial charge is 0.261 e. The Morgan fingerprint density at radius 1 is 1.04 bits per heavy atom. The van der Waals surface area contributed by atoms with Gasteiger partial charge >= 0.3 is 0 Å². The minimum Gasteiger partial charge on any atom is -0.497 e. The highest BCUT2D eigenvalue weighted by atomic mass is 32.2. The van der Waals surface area contributed by atoms with E-state index in [0.29, 0.717) is 23.7 Å². The molecule has 0 atom stereocenters. The fraction of sp³-hybridized carbons (Fsp3) is 0.350. The third kappa shape index (κ3) is 6.77. The third-order valence-electron chi connectivity index (χ3n) is 3.64. The topological polar surface area (TPSA) is 93.7 Å². The molecule has 0 aliphatic heterocycles. The summed E-state index contributed by atoms with van der Waals surface area (Å²) >= 11 is 0.